The maximum absolute atomic E-state index is 6.30. The highest BCUT2D eigenvalue weighted by Gasteiger charge is 2.28. The molecule has 0 amide bonds. The van der Waals surface area contributed by atoms with Crippen molar-refractivity contribution in [1.82, 2.24) is 0 Å². The first-order valence-electron chi connectivity index (χ1n) is 7.35. The van der Waals surface area contributed by atoms with E-state index in [1.54, 1.807) is 0 Å². The van der Waals surface area contributed by atoms with Crippen LogP contribution >= 0.6 is 0 Å². The first-order chi connectivity index (χ1) is 9.17. The van der Waals surface area contributed by atoms with Gasteiger partial charge in [-0.3, -0.25) is 0 Å². The smallest absolute Gasteiger partial charge is 0.133 e. The van der Waals surface area contributed by atoms with E-state index in [2.05, 4.69) is 75.7 Å². The van der Waals surface area contributed by atoms with Crippen LogP contribution in [0.15, 0.2) is 40.8 Å². The summed E-state index contributed by atoms with van der Waals surface area (Å²) in [4.78, 5) is 0. The molecule has 1 heterocycles. The highest BCUT2D eigenvalue weighted by atomic mass is 28.3. The standard InChI is InChI=1S/C17H26OSi2/c1-19(2,3)13-15-12-16(14-10-8-7-9-11-14)18-17(15)20(4,5)6/h7-12H,13H2,1-6H3. The summed E-state index contributed by atoms with van der Waals surface area (Å²) in [6.45, 7) is 14.4. The van der Waals surface area contributed by atoms with Crippen LogP contribution in [0.5, 0.6) is 0 Å². The van der Waals surface area contributed by atoms with E-state index in [0.29, 0.717) is 0 Å². The summed E-state index contributed by atoms with van der Waals surface area (Å²) >= 11 is 0. The van der Waals surface area contributed by atoms with Crippen molar-refractivity contribution >= 4 is 21.5 Å². The van der Waals surface area contributed by atoms with Crippen molar-refractivity contribution < 1.29 is 4.42 Å². The Bertz CT molecular complexity index is 571. The number of hydrogen-bond acceptors (Lipinski definition) is 1. The molecule has 2 rings (SSSR count). The van der Waals surface area contributed by atoms with Crippen LogP contribution in [0.4, 0.5) is 0 Å². The van der Waals surface area contributed by atoms with Gasteiger partial charge >= 0.3 is 0 Å². The zero-order chi connectivity index (χ0) is 15.0. The Morgan fingerprint density at radius 3 is 2.00 bits per heavy atom. The lowest BCUT2D eigenvalue weighted by atomic mass is 10.1. The van der Waals surface area contributed by atoms with Crippen molar-refractivity contribution in [2.75, 3.05) is 0 Å². The van der Waals surface area contributed by atoms with Gasteiger partial charge in [-0.05, 0) is 17.7 Å². The van der Waals surface area contributed by atoms with Gasteiger partial charge in [-0.15, -0.1) is 0 Å². The van der Waals surface area contributed by atoms with Gasteiger partial charge in [-0.2, -0.15) is 0 Å². The third-order valence-corrected chi connectivity index (χ3v) is 6.50. The molecule has 1 aromatic carbocycles. The van der Waals surface area contributed by atoms with Crippen LogP contribution in [0.1, 0.15) is 5.56 Å². The van der Waals surface area contributed by atoms with Crippen LogP contribution in [-0.2, 0) is 6.04 Å². The van der Waals surface area contributed by atoms with Crippen LogP contribution in [0, 0.1) is 0 Å². The summed E-state index contributed by atoms with van der Waals surface area (Å²) in [5.41, 5.74) is 2.65. The van der Waals surface area contributed by atoms with E-state index in [-0.39, 0.29) is 0 Å². The van der Waals surface area contributed by atoms with Crippen molar-refractivity contribution in [3.8, 4) is 11.3 Å². The van der Waals surface area contributed by atoms with E-state index in [9.17, 15) is 0 Å². The fraction of sp³-hybridized carbons (Fsp3) is 0.412. The topological polar surface area (TPSA) is 13.1 Å². The fourth-order valence-electron chi connectivity index (χ4n) is 2.51. The molecule has 0 bridgehead atoms. The highest BCUT2D eigenvalue weighted by Crippen LogP contribution is 2.25. The van der Waals surface area contributed by atoms with Crippen LogP contribution in [0.25, 0.3) is 11.3 Å². The van der Waals surface area contributed by atoms with Crippen molar-refractivity contribution in [3.63, 3.8) is 0 Å². The van der Waals surface area contributed by atoms with Crippen LogP contribution in [0.2, 0.25) is 39.3 Å². The van der Waals surface area contributed by atoms with E-state index in [4.69, 9.17) is 4.42 Å². The minimum atomic E-state index is -1.43. The fourth-order valence-corrected chi connectivity index (χ4v) is 5.63. The predicted octanol–water partition coefficient (Wildman–Crippen LogP) is 4.91. The lowest BCUT2D eigenvalue weighted by Crippen LogP contribution is -2.40. The lowest BCUT2D eigenvalue weighted by Gasteiger charge is -2.19. The Morgan fingerprint density at radius 2 is 1.50 bits per heavy atom. The van der Waals surface area contributed by atoms with E-state index < -0.39 is 16.1 Å². The number of hydrogen-bond donors (Lipinski definition) is 0. The molecule has 0 atom stereocenters. The van der Waals surface area contributed by atoms with Crippen LogP contribution < -0.4 is 5.38 Å². The number of furan rings is 1. The lowest BCUT2D eigenvalue weighted by molar-refractivity contribution is 0.611. The van der Waals surface area contributed by atoms with Crippen LogP contribution in [0.3, 0.4) is 0 Å². The van der Waals surface area contributed by atoms with Crippen molar-refractivity contribution in [1.29, 1.82) is 0 Å². The molecule has 0 fully saturated rings. The van der Waals surface area contributed by atoms with Crippen molar-refractivity contribution in [3.05, 3.63) is 42.0 Å². The summed E-state index contributed by atoms with van der Waals surface area (Å²) in [7, 11) is -2.57. The second kappa shape index (κ2) is 5.37. The van der Waals surface area contributed by atoms with E-state index in [1.165, 1.54) is 22.6 Å². The quantitative estimate of drug-likeness (QED) is 0.731. The zero-order valence-electron chi connectivity index (χ0n) is 13.6. The maximum Gasteiger partial charge on any atom is 0.133 e. The Kier molecular flexibility index (Phi) is 4.12. The van der Waals surface area contributed by atoms with E-state index in [0.717, 1.165) is 5.76 Å². The summed E-state index contributed by atoms with van der Waals surface area (Å²) in [6.07, 6.45) is 0. The number of benzene rings is 1. The molecule has 3 heteroatoms. The average molecular weight is 303 g/mol. The molecule has 2 aromatic rings. The normalized spacial score (nSPS) is 12.7. The summed E-state index contributed by atoms with van der Waals surface area (Å²) < 4.78 is 6.30. The highest BCUT2D eigenvalue weighted by molar-refractivity contribution is 6.88. The molecule has 0 saturated heterocycles. The molecule has 1 aromatic heterocycles. The van der Waals surface area contributed by atoms with Crippen LogP contribution in [-0.4, -0.2) is 16.1 Å². The molecular weight excluding hydrogens is 276 g/mol. The molecule has 0 aliphatic carbocycles. The zero-order valence-corrected chi connectivity index (χ0v) is 15.6. The summed E-state index contributed by atoms with van der Waals surface area (Å²) in [6, 6.07) is 14.0. The monoisotopic (exact) mass is 302 g/mol. The van der Waals surface area contributed by atoms with Gasteiger partial charge in [0.15, 0.2) is 0 Å². The van der Waals surface area contributed by atoms with Gasteiger partial charge in [-0.1, -0.05) is 69.6 Å². The minimum Gasteiger partial charge on any atom is -0.466 e. The van der Waals surface area contributed by atoms with Gasteiger partial charge in [-0.25, -0.2) is 0 Å². The van der Waals surface area contributed by atoms with Gasteiger partial charge in [0, 0.05) is 13.6 Å². The Morgan fingerprint density at radius 1 is 0.900 bits per heavy atom. The Labute approximate surface area is 125 Å². The first kappa shape index (κ1) is 15.3. The van der Waals surface area contributed by atoms with E-state index >= 15 is 0 Å². The molecule has 108 valence electrons. The van der Waals surface area contributed by atoms with Gasteiger partial charge in [0.2, 0.25) is 0 Å². The van der Waals surface area contributed by atoms with Crippen molar-refractivity contribution in [2.45, 2.75) is 45.3 Å². The van der Waals surface area contributed by atoms with E-state index in [1.807, 2.05) is 0 Å². The average Bonchev–Trinajstić information content (AvgIpc) is 2.71. The molecule has 0 aliphatic rings. The SMILES string of the molecule is C[Si](C)(C)Cc1cc(-c2ccccc2)oc1[Si](C)(C)C. The molecular formula is C17H26OSi2. The molecule has 1 nitrogen and oxygen atoms in total. The molecule has 0 aliphatic heterocycles. The molecule has 20 heavy (non-hydrogen) atoms. The molecule has 0 radical (unpaired) electrons. The molecule has 0 saturated carbocycles. The Balaban J connectivity index is 2.48. The minimum absolute atomic E-state index is 1.04. The molecule has 0 N–H and O–H groups in total. The third-order valence-electron chi connectivity index (χ3n) is 3.27. The summed E-state index contributed by atoms with van der Waals surface area (Å²) in [5, 5.41) is 1.29. The first-order valence-corrected chi connectivity index (χ1v) is 14.6. The van der Waals surface area contributed by atoms with Crippen molar-refractivity contribution in [2.24, 2.45) is 0 Å². The second-order valence-corrected chi connectivity index (χ2v) is 18.2. The summed E-state index contributed by atoms with van der Waals surface area (Å²) in [5.74, 6) is 1.04. The number of rotatable bonds is 4. The van der Waals surface area contributed by atoms with Gasteiger partial charge in [0.25, 0.3) is 0 Å². The van der Waals surface area contributed by atoms with Gasteiger partial charge in [0.05, 0.1) is 5.38 Å². The molecule has 0 unspecified atom stereocenters. The molecule has 0 spiro atoms. The maximum atomic E-state index is 6.30. The largest absolute Gasteiger partial charge is 0.466 e. The van der Waals surface area contributed by atoms with Gasteiger partial charge in [0.1, 0.15) is 13.8 Å². The Hall–Kier alpha value is -1.07. The third kappa shape index (κ3) is 3.73. The predicted molar refractivity (Wildman–Crippen MR) is 94.2 cm³/mol. The van der Waals surface area contributed by atoms with Gasteiger partial charge < -0.3 is 4.42 Å². The second-order valence-electron chi connectivity index (χ2n) is 7.82.